The van der Waals surface area contributed by atoms with Crippen molar-refractivity contribution in [2.45, 2.75) is 25.5 Å². The largest absolute Gasteiger partial charge is 0.391 e. The van der Waals surface area contributed by atoms with Gasteiger partial charge in [-0.2, -0.15) is 0 Å². The van der Waals surface area contributed by atoms with E-state index in [9.17, 15) is 18.7 Å². The molecule has 0 saturated carbocycles. The third-order valence-electron chi connectivity index (χ3n) is 3.86. The Kier molecular flexibility index (Phi) is 4.04. The second-order valence-electron chi connectivity index (χ2n) is 5.57. The molecule has 7 heteroatoms. The fourth-order valence-electron chi connectivity index (χ4n) is 2.75. The molecule has 0 radical (unpaired) electrons. The van der Waals surface area contributed by atoms with Crippen LogP contribution in [0.3, 0.4) is 0 Å². The number of carbonyl (C=O) groups excluding carboxylic acids is 1. The minimum absolute atomic E-state index is 0.0367. The van der Waals surface area contributed by atoms with Crippen LogP contribution in [-0.2, 0) is 0 Å². The average Bonchev–Trinajstić information content (AvgIpc) is 2.91. The summed E-state index contributed by atoms with van der Waals surface area (Å²) in [5.74, 6) is -1.67. The van der Waals surface area contributed by atoms with Crippen molar-refractivity contribution in [3.05, 3.63) is 59.2 Å². The lowest BCUT2D eigenvalue weighted by molar-refractivity contribution is 0.0707. The van der Waals surface area contributed by atoms with E-state index in [0.29, 0.717) is 5.69 Å². The minimum Gasteiger partial charge on any atom is -0.391 e. The van der Waals surface area contributed by atoms with Crippen molar-refractivity contribution in [2.24, 2.45) is 0 Å². The Balaban J connectivity index is 1.95. The smallest absolute Gasteiger partial charge is 0.274 e. The molecule has 1 aromatic carbocycles. The van der Waals surface area contributed by atoms with Crippen LogP contribution in [0.4, 0.5) is 8.78 Å². The number of hydrogen-bond acceptors (Lipinski definition) is 4. The van der Waals surface area contributed by atoms with E-state index in [4.69, 9.17) is 0 Å². The number of carbonyl (C=O) groups is 1. The van der Waals surface area contributed by atoms with E-state index in [1.807, 2.05) is 0 Å². The molecule has 1 aliphatic rings. The summed E-state index contributed by atoms with van der Waals surface area (Å²) in [5.41, 5.74) is 0.817. The van der Waals surface area contributed by atoms with Crippen molar-refractivity contribution in [2.75, 3.05) is 6.54 Å². The van der Waals surface area contributed by atoms with Gasteiger partial charge in [0.25, 0.3) is 5.91 Å². The summed E-state index contributed by atoms with van der Waals surface area (Å²) < 4.78 is 27.5. The monoisotopic (exact) mass is 319 g/mol. The number of likely N-dealkylation sites (tertiary alicyclic amines) is 1. The molecule has 2 aromatic rings. The van der Waals surface area contributed by atoms with Gasteiger partial charge < -0.3 is 10.0 Å². The van der Waals surface area contributed by atoms with E-state index >= 15 is 0 Å². The summed E-state index contributed by atoms with van der Waals surface area (Å²) in [6.45, 7) is 1.78. The maximum absolute atomic E-state index is 14.0. The zero-order chi connectivity index (χ0) is 16.6. The van der Waals surface area contributed by atoms with Gasteiger partial charge in [0.1, 0.15) is 17.3 Å². The third-order valence-corrected chi connectivity index (χ3v) is 3.86. The van der Waals surface area contributed by atoms with Crippen molar-refractivity contribution in [1.82, 2.24) is 14.9 Å². The number of rotatable bonds is 2. The van der Waals surface area contributed by atoms with Gasteiger partial charge in [-0.3, -0.25) is 9.78 Å². The Morgan fingerprint density at radius 2 is 2.09 bits per heavy atom. The first-order valence-corrected chi connectivity index (χ1v) is 7.18. The van der Waals surface area contributed by atoms with E-state index in [1.54, 1.807) is 6.92 Å². The highest BCUT2D eigenvalue weighted by Crippen LogP contribution is 2.34. The van der Waals surface area contributed by atoms with E-state index < -0.39 is 29.7 Å². The van der Waals surface area contributed by atoms with Gasteiger partial charge in [0.2, 0.25) is 0 Å². The highest BCUT2D eigenvalue weighted by atomic mass is 19.1. The summed E-state index contributed by atoms with van der Waals surface area (Å²) >= 11 is 0. The molecule has 1 N–H and O–H groups in total. The fourth-order valence-corrected chi connectivity index (χ4v) is 2.75. The predicted molar refractivity (Wildman–Crippen MR) is 77.5 cm³/mol. The van der Waals surface area contributed by atoms with Crippen molar-refractivity contribution in [3.8, 4) is 0 Å². The lowest BCUT2D eigenvalue weighted by Gasteiger charge is -2.24. The molecule has 1 aromatic heterocycles. The molecule has 5 nitrogen and oxygen atoms in total. The zero-order valence-electron chi connectivity index (χ0n) is 12.4. The molecule has 1 aliphatic heterocycles. The molecular weight excluding hydrogens is 304 g/mol. The summed E-state index contributed by atoms with van der Waals surface area (Å²) in [6.07, 6.45) is 2.13. The molecule has 1 amide bonds. The maximum atomic E-state index is 14.0. The van der Waals surface area contributed by atoms with E-state index in [2.05, 4.69) is 9.97 Å². The Hall–Kier alpha value is -2.41. The van der Waals surface area contributed by atoms with E-state index in [1.165, 1.54) is 17.3 Å². The molecule has 23 heavy (non-hydrogen) atoms. The van der Waals surface area contributed by atoms with E-state index in [-0.39, 0.29) is 24.2 Å². The second-order valence-corrected chi connectivity index (χ2v) is 5.57. The lowest BCUT2D eigenvalue weighted by atomic mass is 10.0. The lowest BCUT2D eigenvalue weighted by Crippen LogP contribution is -2.32. The number of hydrogen-bond donors (Lipinski definition) is 1. The molecule has 0 bridgehead atoms. The van der Waals surface area contributed by atoms with Gasteiger partial charge in [-0.1, -0.05) is 0 Å². The van der Waals surface area contributed by atoms with Crippen LogP contribution >= 0.6 is 0 Å². The van der Waals surface area contributed by atoms with Gasteiger partial charge in [-0.15, -0.1) is 0 Å². The van der Waals surface area contributed by atoms with Crippen LogP contribution < -0.4 is 0 Å². The summed E-state index contributed by atoms with van der Waals surface area (Å²) in [4.78, 5) is 21.9. The van der Waals surface area contributed by atoms with Crippen LogP contribution in [-0.4, -0.2) is 38.5 Å². The number of benzene rings is 1. The van der Waals surface area contributed by atoms with Crippen molar-refractivity contribution in [3.63, 3.8) is 0 Å². The minimum atomic E-state index is -0.801. The van der Waals surface area contributed by atoms with Gasteiger partial charge in [-0.05, 0) is 31.5 Å². The molecule has 0 unspecified atom stereocenters. The predicted octanol–water partition coefficient (Wildman–Crippen LogP) is 2.01. The molecule has 0 spiro atoms. The fraction of sp³-hybridized carbons (Fsp3) is 0.312. The van der Waals surface area contributed by atoms with Gasteiger partial charge >= 0.3 is 0 Å². The number of aliphatic hydroxyl groups excluding tert-OH is 1. The summed E-state index contributed by atoms with van der Waals surface area (Å²) in [7, 11) is 0. The van der Waals surface area contributed by atoms with Crippen LogP contribution in [0.15, 0.2) is 30.6 Å². The van der Waals surface area contributed by atoms with Gasteiger partial charge in [0.15, 0.2) is 0 Å². The van der Waals surface area contributed by atoms with E-state index in [0.717, 1.165) is 18.2 Å². The molecular formula is C16H15F2N3O2. The number of β-amino-alcohol motifs (C(OH)–C–C–N with tert-alkyl or cyclic N) is 1. The average molecular weight is 319 g/mol. The van der Waals surface area contributed by atoms with Crippen molar-refractivity contribution >= 4 is 5.91 Å². The maximum Gasteiger partial charge on any atom is 0.274 e. The summed E-state index contributed by atoms with van der Waals surface area (Å²) in [6, 6.07) is 2.35. The summed E-state index contributed by atoms with van der Waals surface area (Å²) in [5, 5.41) is 9.89. The number of aliphatic hydroxyl groups is 1. The molecule has 2 heterocycles. The molecule has 2 atom stereocenters. The second kappa shape index (κ2) is 6.00. The molecule has 1 saturated heterocycles. The van der Waals surface area contributed by atoms with Crippen LogP contribution in [0.25, 0.3) is 0 Å². The first kappa shape index (κ1) is 15.5. The van der Waals surface area contributed by atoms with Crippen molar-refractivity contribution in [1.29, 1.82) is 0 Å². The number of amides is 1. The number of halogens is 2. The molecule has 120 valence electrons. The third kappa shape index (κ3) is 3.05. The standard InChI is InChI=1S/C16H15F2N3O2/c1-9-6-20-14(7-19-9)16(23)21-8-11(22)5-15(21)12-4-10(17)2-3-13(12)18/h2-4,6-7,11,15,22H,5,8H2,1H3/t11-,15-/m0/s1. The van der Waals surface area contributed by atoms with Crippen LogP contribution in [0.2, 0.25) is 0 Å². The number of aryl methyl sites for hydroxylation is 1. The Morgan fingerprint density at radius 3 is 2.78 bits per heavy atom. The first-order chi connectivity index (χ1) is 11.0. The van der Waals surface area contributed by atoms with Crippen LogP contribution in [0.5, 0.6) is 0 Å². The normalized spacial score (nSPS) is 20.8. The Morgan fingerprint density at radius 1 is 1.30 bits per heavy atom. The van der Waals surface area contributed by atoms with Gasteiger partial charge in [0.05, 0.1) is 24.0 Å². The highest BCUT2D eigenvalue weighted by molar-refractivity contribution is 5.92. The van der Waals surface area contributed by atoms with Gasteiger partial charge in [-0.25, -0.2) is 13.8 Å². The first-order valence-electron chi connectivity index (χ1n) is 7.18. The zero-order valence-corrected chi connectivity index (χ0v) is 12.4. The topological polar surface area (TPSA) is 66.3 Å². The Labute approximate surface area is 131 Å². The van der Waals surface area contributed by atoms with Crippen LogP contribution in [0.1, 0.15) is 34.2 Å². The quantitative estimate of drug-likeness (QED) is 0.919. The SMILES string of the molecule is Cc1cnc(C(=O)N2C[C@@H](O)C[C@H]2c2cc(F)ccc2F)cn1. The highest BCUT2D eigenvalue weighted by Gasteiger charge is 2.37. The van der Waals surface area contributed by atoms with Gasteiger partial charge in [0, 0.05) is 18.3 Å². The Bertz CT molecular complexity index is 737. The number of aromatic nitrogens is 2. The molecule has 3 rings (SSSR count). The van der Waals surface area contributed by atoms with Crippen LogP contribution in [0, 0.1) is 18.6 Å². The number of nitrogens with zero attached hydrogens (tertiary/aromatic N) is 3. The molecule has 1 fully saturated rings. The molecule has 0 aliphatic carbocycles. The van der Waals surface area contributed by atoms with Crippen molar-refractivity contribution < 1.29 is 18.7 Å².